The van der Waals surface area contributed by atoms with Crippen molar-refractivity contribution in [2.24, 2.45) is 5.92 Å². The minimum atomic E-state index is 0.809. The van der Waals surface area contributed by atoms with Crippen molar-refractivity contribution in [3.63, 3.8) is 0 Å². The van der Waals surface area contributed by atoms with Crippen molar-refractivity contribution < 1.29 is 0 Å². The standard InChI is InChI=1S/C16H34N2/c1-3-4-5-6-7-8-11-17-14-16(2)15-18-12-9-10-13-18/h16-17H,3-15H2,1-2H3. The van der Waals surface area contributed by atoms with Gasteiger partial charge in [0.1, 0.15) is 0 Å². The molecule has 0 aliphatic carbocycles. The fourth-order valence-corrected chi connectivity index (χ4v) is 2.85. The number of likely N-dealkylation sites (tertiary alicyclic amines) is 1. The Kier molecular flexibility index (Phi) is 9.59. The highest BCUT2D eigenvalue weighted by atomic mass is 15.1. The summed E-state index contributed by atoms with van der Waals surface area (Å²) in [6.45, 7) is 11.0. The molecule has 0 radical (unpaired) electrons. The van der Waals surface area contributed by atoms with E-state index in [1.165, 1.54) is 84.1 Å². The first-order valence-corrected chi connectivity index (χ1v) is 8.26. The molecule has 1 aliphatic rings. The van der Waals surface area contributed by atoms with Crippen LogP contribution in [0.4, 0.5) is 0 Å². The second kappa shape index (κ2) is 10.8. The zero-order valence-corrected chi connectivity index (χ0v) is 12.7. The van der Waals surface area contributed by atoms with E-state index in [2.05, 4.69) is 24.1 Å². The second-order valence-corrected chi connectivity index (χ2v) is 6.08. The Morgan fingerprint density at radius 3 is 2.39 bits per heavy atom. The molecule has 1 atom stereocenters. The molecule has 0 aromatic heterocycles. The van der Waals surface area contributed by atoms with Crippen molar-refractivity contribution in [1.82, 2.24) is 10.2 Å². The summed E-state index contributed by atoms with van der Waals surface area (Å²) < 4.78 is 0. The second-order valence-electron chi connectivity index (χ2n) is 6.08. The van der Waals surface area contributed by atoms with E-state index >= 15 is 0 Å². The van der Waals surface area contributed by atoms with Crippen LogP contribution in [0.2, 0.25) is 0 Å². The Morgan fingerprint density at radius 2 is 1.67 bits per heavy atom. The molecule has 108 valence electrons. The van der Waals surface area contributed by atoms with Gasteiger partial charge in [-0.25, -0.2) is 0 Å². The Bertz CT molecular complexity index is 176. The lowest BCUT2D eigenvalue weighted by Gasteiger charge is -2.20. The summed E-state index contributed by atoms with van der Waals surface area (Å²) in [4.78, 5) is 2.62. The molecule has 1 saturated heterocycles. The summed E-state index contributed by atoms with van der Waals surface area (Å²) in [5.74, 6) is 0.809. The summed E-state index contributed by atoms with van der Waals surface area (Å²) in [6, 6.07) is 0. The van der Waals surface area contributed by atoms with Gasteiger partial charge in [-0.15, -0.1) is 0 Å². The molecule has 1 fully saturated rings. The first kappa shape index (κ1) is 16.0. The van der Waals surface area contributed by atoms with Crippen LogP contribution in [0.25, 0.3) is 0 Å². The van der Waals surface area contributed by atoms with Crippen molar-refractivity contribution in [1.29, 1.82) is 0 Å². The lowest BCUT2D eigenvalue weighted by atomic mass is 10.1. The van der Waals surface area contributed by atoms with E-state index in [0.717, 1.165) is 5.92 Å². The van der Waals surface area contributed by atoms with Crippen molar-refractivity contribution in [2.75, 3.05) is 32.7 Å². The molecule has 0 saturated carbocycles. The van der Waals surface area contributed by atoms with Crippen LogP contribution in [0.15, 0.2) is 0 Å². The quantitative estimate of drug-likeness (QED) is 0.566. The van der Waals surface area contributed by atoms with Gasteiger partial charge in [-0.2, -0.15) is 0 Å². The van der Waals surface area contributed by atoms with Gasteiger partial charge < -0.3 is 10.2 Å². The van der Waals surface area contributed by atoms with E-state index in [4.69, 9.17) is 0 Å². The van der Waals surface area contributed by atoms with Gasteiger partial charge in [-0.1, -0.05) is 46.0 Å². The highest BCUT2D eigenvalue weighted by Gasteiger charge is 2.13. The van der Waals surface area contributed by atoms with Gasteiger partial charge in [-0.05, 0) is 51.4 Å². The average Bonchev–Trinajstić information content (AvgIpc) is 2.85. The monoisotopic (exact) mass is 254 g/mol. The summed E-state index contributed by atoms with van der Waals surface area (Å²) in [6.07, 6.45) is 11.2. The molecule has 1 unspecified atom stereocenters. The minimum Gasteiger partial charge on any atom is -0.316 e. The molecule has 18 heavy (non-hydrogen) atoms. The first-order valence-electron chi connectivity index (χ1n) is 8.26. The molecule has 0 spiro atoms. The lowest BCUT2D eigenvalue weighted by Crippen LogP contribution is -2.32. The number of rotatable bonds is 11. The van der Waals surface area contributed by atoms with Crippen molar-refractivity contribution in [2.45, 2.75) is 65.2 Å². The Labute approximate surface area is 115 Å². The maximum absolute atomic E-state index is 3.62. The lowest BCUT2D eigenvalue weighted by molar-refractivity contribution is 0.282. The largest absolute Gasteiger partial charge is 0.316 e. The van der Waals surface area contributed by atoms with Gasteiger partial charge in [0.25, 0.3) is 0 Å². The van der Waals surface area contributed by atoms with Crippen LogP contribution in [0, 0.1) is 5.92 Å². The van der Waals surface area contributed by atoms with Crippen LogP contribution in [-0.4, -0.2) is 37.6 Å². The van der Waals surface area contributed by atoms with Crippen LogP contribution in [0.3, 0.4) is 0 Å². The molecule has 1 aliphatic heterocycles. The zero-order chi connectivity index (χ0) is 13.1. The van der Waals surface area contributed by atoms with Crippen LogP contribution in [0.1, 0.15) is 65.2 Å². The zero-order valence-electron chi connectivity index (χ0n) is 12.7. The fourth-order valence-electron chi connectivity index (χ4n) is 2.85. The maximum atomic E-state index is 3.62. The molecule has 0 aromatic carbocycles. The first-order chi connectivity index (χ1) is 8.83. The minimum absolute atomic E-state index is 0.809. The molecule has 0 bridgehead atoms. The van der Waals surface area contributed by atoms with E-state index in [1.807, 2.05) is 0 Å². The summed E-state index contributed by atoms with van der Waals surface area (Å²) in [5, 5.41) is 3.62. The number of hydrogen-bond acceptors (Lipinski definition) is 2. The highest BCUT2D eigenvalue weighted by Crippen LogP contribution is 2.09. The van der Waals surface area contributed by atoms with Crippen molar-refractivity contribution in [3.05, 3.63) is 0 Å². The predicted molar refractivity (Wildman–Crippen MR) is 81.1 cm³/mol. The number of nitrogens with zero attached hydrogens (tertiary/aromatic N) is 1. The number of nitrogens with one attached hydrogen (secondary N) is 1. The molecule has 2 heteroatoms. The average molecular weight is 254 g/mol. The van der Waals surface area contributed by atoms with Gasteiger partial charge >= 0.3 is 0 Å². The molecule has 0 aromatic rings. The van der Waals surface area contributed by atoms with Gasteiger partial charge in [0, 0.05) is 6.54 Å². The summed E-state index contributed by atoms with van der Waals surface area (Å²) in [5.41, 5.74) is 0. The number of hydrogen-bond donors (Lipinski definition) is 1. The van der Waals surface area contributed by atoms with E-state index in [0.29, 0.717) is 0 Å². The maximum Gasteiger partial charge on any atom is 0.00191 e. The Morgan fingerprint density at radius 1 is 1.00 bits per heavy atom. The third-order valence-corrected chi connectivity index (χ3v) is 3.97. The molecule has 1 rings (SSSR count). The van der Waals surface area contributed by atoms with E-state index < -0.39 is 0 Å². The van der Waals surface area contributed by atoms with Crippen molar-refractivity contribution in [3.8, 4) is 0 Å². The summed E-state index contributed by atoms with van der Waals surface area (Å²) in [7, 11) is 0. The molecule has 1 heterocycles. The Balaban J connectivity index is 1.81. The fraction of sp³-hybridized carbons (Fsp3) is 1.00. The van der Waals surface area contributed by atoms with Crippen LogP contribution in [0.5, 0.6) is 0 Å². The van der Waals surface area contributed by atoms with E-state index in [9.17, 15) is 0 Å². The molecule has 1 N–H and O–H groups in total. The predicted octanol–water partition coefficient (Wildman–Crippen LogP) is 3.67. The van der Waals surface area contributed by atoms with Gasteiger partial charge in [-0.3, -0.25) is 0 Å². The molecule has 2 nitrogen and oxygen atoms in total. The topological polar surface area (TPSA) is 15.3 Å². The molecule has 0 amide bonds. The van der Waals surface area contributed by atoms with Gasteiger partial charge in [0.2, 0.25) is 0 Å². The Hall–Kier alpha value is -0.0800. The van der Waals surface area contributed by atoms with Gasteiger partial charge in [0.15, 0.2) is 0 Å². The van der Waals surface area contributed by atoms with Crippen LogP contribution in [-0.2, 0) is 0 Å². The third kappa shape index (κ3) is 8.10. The highest BCUT2D eigenvalue weighted by molar-refractivity contribution is 4.70. The molecular weight excluding hydrogens is 220 g/mol. The normalized spacial score (nSPS) is 18.3. The van der Waals surface area contributed by atoms with Crippen LogP contribution >= 0.6 is 0 Å². The molecular formula is C16H34N2. The van der Waals surface area contributed by atoms with E-state index in [-0.39, 0.29) is 0 Å². The van der Waals surface area contributed by atoms with Crippen molar-refractivity contribution >= 4 is 0 Å². The SMILES string of the molecule is CCCCCCCCNCC(C)CN1CCCC1. The van der Waals surface area contributed by atoms with Crippen LogP contribution < -0.4 is 5.32 Å². The summed E-state index contributed by atoms with van der Waals surface area (Å²) >= 11 is 0. The smallest absolute Gasteiger partial charge is 0.00191 e. The third-order valence-electron chi connectivity index (χ3n) is 3.97. The van der Waals surface area contributed by atoms with E-state index in [1.54, 1.807) is 0 Å². The number of unbranched alkanes of at least 4 members (excludes halogenated alkanes) is 5. The van der Waals surface area contributed by atoms with Gasteiger partial charge in [0.05, 0.1) is 0 Å².